The number of anilines is 1. The van der Waals surface area contributed by atoms with Gasteiger partial charge in [0, 0.05) is 22.8 Å². The molecule has 0 radical (unpaired) electrons. The zero-order chi connectivity index (χ0) is 18.0. The Morgan fingerprint density at radius 1 is 1.36 bits per heavy atom. The molecule has 0 aliphatic carbocycles. The van der Waals surface area contributed by atoms with Crippen LogP contribution < -0.4 is 4.90 Å². The van der Waals surface area contributed by atoms with E-state index in [4.69, 9.17) is 16.1 Å². The fourth-order valence-corrected chi connectivity index (χ4v) is 3.92. The molecule has 0 N–H and O–H groups in total. The van der Waals surface area contributed by atoms with Gasteiger partial charge in [-0.15, -0.1) is 0 Å². The van der Waals surface area contributed by atoms with E-state index in [1.165, 1.54) is 0 Å². The van der Waals surface area contributed by atoms with Crippen LogP contribution in [0.1, 0.15) is 30.4 Å². The maximum atomic E-state index is 13.0. The van der Waals surface area contributed by atoms with Crippen molar-refractivity contribution in [3.63, 3.8) is 0 Å². The van der Waals surface area contributed by atoms with E-state index in [2.05, 4.69) is 10.1 Å². The number of aliphatic imine (C=N–C) groups is 1. The van der Waals surface area contributed by atoms with Gasteiger partial charge in [0.15, 0.2) is 5.17 Å². The number of hydrogen-bond acceptors (Lipinski definition) is 5. The zero-order valence-electron chi connectivity index (χ0n) is 14.5. The number of aryl methyl sites for hydroxylation is 2. The van der Waals surface area contributed by atoms with Gasteiger partial charge in [-0.2, -0.15) is 0 Å². The molecule has 2 aromatic rings. The van der Waals surface area contributed by atoms with Crippen LogP contribution in [0.15, 0.2) is 33.8 Å². The smallest absolute Gasteiger partial charge is 0.233 e. The monoisotopic (exact) mass is 377 g/mol. The molecule has 0 fully saturated rings. The Morgan fingerprint density at radius 2 is 2.08 bits per heavy atom. The average Bonchev–Trinajstić information content (AvgIpc) is 3.14. The SMILES string of the molecule is Cc1noc(C)c1CCC(=O)N(C1=N[C@H](C)CS1)c1ccc(Cl)cc1. The predicted octanol–water partition coefficient (Wildman–Crippen LogP) is 4.40. The number of hydrogen-bond donors (Lipinski definition) is 0. The third-order valence-corrected chi connectivity index (χ3v) is 5.53. The van der Waals surface area contributed by atoms with E-state index in [-0.39, 0.29) is 11.9 Å². The zero-order valence-corrected chi connectivity index (χ0v) is 16.0. The molecule has 0 spiro atoms. The number of carbonyl (C=O) groups excluding carboxylic acids is 1. The van der Waals surface area contributed by atoms with E-state index in [0.29, 0.717) is 17.9 Å². The Labute approximate surface area is 156 Å². The van der Waals surface area contributed by atoms with Gasteiger partial charge in [-0.3, -0.25) is 14.7 Å². The molecule has 1 aromatic carbocycles. The summed E-state index contributed by atoms with van der Waals surface area (Å²) in [6, 6.07) is 7.49. The van der Waals surface area contributed by atoms with Crippen molar-refractivity contribution in [2.45, 2.75) is 39.7 Å². The molecule has 3 rings (SSSR count). The summed E-state index contributed by atoms with van der Waals surface area (Å²) in [6.07, 6.45) is 0.955. The quantitative estimate of drug-likeness (QED) is 0.792. The summed E-state index contributed by atoms with van der Waals surface area (Å²) in [4.78, 5) is 19.3. The molecule has 0 saturated heterocycles. The number of carbonyl (C=O) groups is 1. The molecule has 25 heavy (non-hydrogen) atoms. The van der Waals surface area contributed by atoms with E-state index in [0.717, 1.165) is 33.6 Å². The number of rotatable bonds is 4. The summed E-state index contributed by atoms with van der Waals surface area (Å²) in [7, 11) is 0. The van der Waals surface area contributed by atoms with E-state index in [1.54, 1.807) is 28.8 Å². The number of aromatic nitrogens is 1. The molecular formula is C18H20ClN3O2S. The molecule has 5 nitrogen and oxygen atoms in total. The standard InChI is InChI=1S/C18H20ClN3O2S/c1-11-10-25-18(20-11)22(15-6-4-14(19)5-7-15)17(23)9-8-16-12(2)21-24-13(16)3/h4-7,11H,8-10H2,1-3H3/t11-/m1/s1. The lowest BCUT2D eigenvalue weighted by Crippen LogP contribution is -2.34. The van der Waals surface area contributed by atoms with Gasteiger partial charge in [0.25, 0.3) is 0 Å². The van der Waals surface area contributed by atoms with Crippen molar-refractivity contribution >= 4 is 40.1 Å². The van der Waals surface area contributed by atoms with Crippen LogP contribution in [0, 0.1) is 13.8 Å². The van der Waals surface area contributed by atoms with Crippen LogP contribution in [0.4, 0.5) is 5.69 Å². The Hall–Kier alpha value is -1.79. The largest absolute Gasteiger partial charge is 0.361 e. The summed E-state index contributed by atoms with van der Waals surface area (Å²) < 4.78 is 5.18. The average molecular weight is 378 g/mol. The Morgan fingerprint density at radius 3 is 2.64 bits per heavy atom. The first-order valence-electron chi connectivity index (χ1n) is 8.16. The molecular weight excluding hydrogens is 358 g/mol. The number of nitrogens with zero attached hydrogens (tertiary/aromatic N) is 3. The molecule has 1 aromatic heterocycles. The molecule has 1 aliphatic heterocycles. The van der Waals surface area contributed by atoms with Crippen molar-refractivity contribution in [1.29, 1.82) is 0 Å². The fourth-order valence-electron chi connectivity index (χ4n) is 2.73. The first kappa shape index (κ1) is 18.0. The minimum absolute atomic E-state index is 0.00247. The van der Waals surface area contributed by atoms with Crippen LogP contribution in [0.3, 0.4) is 0 Å². The predicted molar refractivity (Wildman–Crippen MR) is 103 cm³/mol. The highest BCUT2D eigenvalue weighted by Crippen LogP contribution is 2.28. The normalized spacial score (nSPS) is 16.8. The van der Waals surface area contributed by atoms with Crippen LogP contribution in [0.2, 0.25) is 5.02 Å². The molecule has 132 valence electrons. The number of amidine groups is 1. The molecule has 1 amide bonds. The summed E-state index contributed by atoms with van der Waals surface area (Å²) >= 11 is 7.59. The van der Waals surface area contributed by atoms with Crippen LogP contribution in [-0.4, -0.2) is 28.0 Å². The number of amides is 1. The Balaban J connectivity index is 1.82. The fraction of sp³-hybridized carbons (Fsp3) is 0.389. The highest BCUT2D eigenvalue weighted by atomic mass is 35.5. The van der Waals surface area contributed by atoms with Crippen molar-refractivity contribution in [2.75, 3.05) is 10.7 Å². The first-order valence-corrected chi connectivity index (χ1v) is 9.53. The van der Waals surface area contributed by atoms with Gasteiger partial charge in [-0.1, -0.05) is 28.5 Å². The topological polar surface area (TPSA) is 58.7 Å². The summed E-state index contributed by atoms with van der Waals surface area (Å²) in [5.74, 6) is 1.66. The van der Waals surface area contributed by atoms with Gasteiger partial charge >= 0.3 is 0 Å². The maximum absolute atomic E-state index is 13.0. The molecule has 0 unspecified atom stereocenters. The number of thioether (sulfide) groups is 1. The lowest BCUT2D eigenvalue weighted by atomic mass is 10.1. The van der Waals surface area contributed by atoms with E-state index >= 15 is 0 Å². The van der Waals surface area contributed by atoms with Gasteiger partial charge in [0.1, 0.15) is 5.76 Å². The Kier molecular flexibility index (Phi) is 5.49. The first-order chi connectivity index (χ1) is 12.0. The molecule has 0 bridgehead atoms. The highest BCUT2D eigenvalue weighted by Gasteiger charge is 2.27. The highest BCUT2D eigenvalue weighted by molar-refractivity contribution is 8.14. The molecule has 2 heterocycles. The summed E-state index contributed by atoms with van der Waals surface area (Å²) in [5, 5.41) is 5.34. The van der Waals surface area contributed by atoms with E-state index in [9.17, 15) is 4.79 Å². The minimum atomic E-state index is 0.00247. The second-order valence-corrected chi connectivity index (χ2v) is 7.50. The summed E-state index contributed by atoms with van der Waals surface area (Å²) in [5.41, 5.74) is 2.62. The van der Waals surface area contributed by atoms with Crippen LogP contribution in [0.5, 0.6) is 0 Å². The lowest BCUT2D eigenvalue weighted by Gasteiger charge is -2.22. The lowest BCUT2D eigenvalue weighted by molar-refractivity contribution is -0.117. The van der Waals surface area contributed by atoms with Crippen LogP contribution in [-0.2, 0) is 11.2 Å². The molecule has 0 saturated carbocycles. The molecule has 1 atom stereocenters. The number of benzene rings is 1. The second kappa shape index (κ2) is 7.62. The van der Waals surface area contributed by atoms with Gasteiger partial charge < -0.3 is 4.52 Å². The van der Waals surface area contributed by atoms with Gasteiger partial charge in [-0.05, 0) is 51.5 Å². The van der Waals surface area contributed by atoms with Gasteiger partial charge in [-0.25, -0.2) is 0 Å². The van der Waals surface area contributed by atoms with Crippen LogP contribution >= 0.6 is 23.4 Å². The van der Waals surface area contributed by atoms with Crippen molar-refractivity contribution in [1.82, 2.24) is 5.16 Å². The van der Waals surface area contributed by atoms with Crippen molar-refractivity contribution in [3.05, 3.63) is 46.3 Å². The maximum Gasteiger partial charge on any atom is 0.233 e. The summed E-state index contributed by atoms with van der Waals surface area (Å²) in [6.45, 7) is 5.82. The molecule has 7 heteroatoms. The third kappa shape index (κ3) is 4.07. The second-order valence-electron chi connectivity index (χ2n) is 6.08. The molecule has 1 aliphatic rings. The number of halogens is 1. The van der Waals surface area contributed by atoms with Gasteiger partial charge in [0.05, 0.1) is 17.4 Å². The van der Waals surface area contributed by atoms with E-state index in [1.807, 2.05) is 32.9 Å². The Bertz CT molecular complexity index is 782. The van der Waals surface area contributed by atoms with E-state index < -0.39 is 0 Å². The van der Waals surface area contributed by atoms with Crippen molar-refractivity contribution < 1.29 is 9.32 Å². The van der Waals surface area contributed by atoms with Crippen LogP contribution in [0.25, 0.3) is 0 Å². The van der Waals surface area contributed by atoms with Gasteiger partial charge in [0.2, 0.25) is 5.91 Å². The third-order valence-electron chi connectivity index (χ3n) is 4.08. The minimum Gasteiger partial charge on any atom is -0.361 e. The van der Waals surface area contributed by atoms with Crippen molar-refractivity contribution in [2.24, 2.45) is 4.99 Å². The van der Waals surface area contributed by atoms with Crippen molar-refractivity contribution in [3.8, 4) is 0 Å².